The molecule has 0 aromatic carbocycles. The number of ether oxygens (including phenoxy) is 1. The Bertz CT molecular complexity index is 1100. The third kappa shape index (κ3) is 16.3. The van der Waals surface area contributed by atoms with Gasteiger partial charge in [0.2, 0.25) is 29.5 Å². The standard InChI is InChI=1S/C28H39N7O10.C2H6/c1-2-45-16-9-22(38)33-19(17-23(39)31-12-10-29-20(36)7-14-34-25(41)3-4-26(34)42)18-24(40)32-13-11-30-21(37)8-15-35-27(43)5-6-28(35)44;1-2/h3-6,19H,2,7-18H2,1H3,(H,29,36)(H,30,37)(H,31,39)(H,32,40)(H,33,38);1-2H3. The molecule has 0 unspecified atom stereocenters. The van der Waals surface area contributed by atoms with Crippen molar-refractivity contribution in [2.24, 2.45) is 0 Å². The molecule has 0 spiro atoms. The van der Waals surface area contributed by atoms with Gasteiger partial charge in [-0.1, -0.05) is 13.8 Å². The molecule has 0 aromatic rings. The largest absolute Gasteiger partial charge is 0.381 e. The zero-order chi connectivity index (χ0) is 35.2. The van der Waals surface area contributed by atoms with Crippen LogP contribution in [-0.4, -0.2) is 121 Å². The van der Waals surface area contributed by atoms with E-state index in [2.05, 4.69) is 26.6 Å². The minimum absolute atomic E-state index is 0.0288. The van der Waals surface area contributed by atoms with Crippen LogP contribution in [0.25, 0.3) is 0 Å². The normalized spacial score (nSPS) is 13.4. The fourth-order valence-electron chi connectivity index (χ4n) is 4.09. The number of hydrogen-bond donors (Lipinski definition) is 5. The van der Waals surface area contributed by atoms with Crippen molar-refractivity contribution >= 4 is 53.2 Å². The first-order valence-corrected chi connectivity index (χ1v) is 15.5. The highest BCUT2D eigenvalue weighted by molar-refractivity contribution is 6.13. The molecule has 2 heterocycles. The fraction of sp³-hybridized carbons (Fsp3) is 0.567. The highest BCUT2D eigenvalue weighted by Gasteiger charge is 2.25. The monoisotopic (exact) mass is 663 g/mol. The van der Waals surface area contributed by atoms with E-state index in [4.69, 9.17) is 4.74 Å². The van der Waals surface area contributed by atoms with Crippen LogP contribution in [0.15, 0.2) is 24.3 Å². The highest BCUT2D eigenvalue weighted by atomic mass is 16.5. The molecule has 0 radical (unpaired) electrons. The number of rotatable bonds is 21. The smallest absolute Gasteiger partial charge is 0.253 e. The molecule has 17 nitrogen and oxygen atoms in total. The maximum absolute atomic E-state index is 12.5. The molecule has 17 heteroatoms. The number of nitrogens with one attached hydrogen (secondary N) is 5. The summed E-state index contributed by atoms with van der Waals surface area (Å²) in [6.07, 6.45) is 3.88. The van der Waals surface area contributed by atoms with Gasteiger partial charge in [0.15, 0.2) is 0 Å². The lowest BCUT2D eigenvalue weighted by Crippen LogP contribution is -2.44. The summed E-state index contributed by atoms with van der Waals surface area (Å²) in [5.41, 5.74) is 0. The first-order valence-electron chi connectivity index (χ1n) is 15.5. The summed E-state index contributed by atoms with van der Waals surface area (Å²) < 4.78 is 5.16. The molecular weight excluding hydrogens is 618 g/mol. The summed E-state index contributed by atoms with van der Waals surface area (Å²) in [5, 5.41) is 13.0. The summed E-state index contributed by atoms with van der Waals surface area (Å²) >= 11 is 0. The van der Waals surface area contributed by atoms with E-state index in [1.54, 1.807) is 6.92 Å². The van der Waals surface area contributed by atoms with E-state index < -0.39 is 59.2 Å². The predicted molar refractivity (Wildman–Crippen MR) is 167 cm³/mol. The van der Waals surface area contributed by atoms with Crippen LogP contribution in [0.5, 0.6) is 0 Å². The van der Waals surface area contributed by atoms with Crippen LogP contribution in [0.4, 0.5) is 0 Å². The van der Waals surface area contributed by atoms with Gasteiger partial charge >= 0.3 is 0 Å². The molecule has 2 rings (SSSR count). The van der Waals surface area contributed by atoms with Gasteiger partial charge in [-0.15, -0.1) is 0 Å². The molecule has 0 saturated carbocycles. The molecule has 5 N–H and O–H groups in total. The molecule has 0 aliphatic carbocycles. The second-order valence-electron chi connectivity index (χ2n) is 9.84. The average Bonchev–Trinajstić information content (AvgIpc) is 3.54. The van der Waals surface area contributed by atoms with Crippen LogP contribution >= 0.6 is 0 Å². The minimum Gasteiger partial charge on any atom is -0.381 e. The Hall–Kier alpha value is -4.93. The summed E-state index contributed by atoms with van der Waals surface area (Å²) in [5.74, 6) is -4.16. The van der Waals surface area contributed by atoms with Crippen LogP contribution < -0.4 is 26.6 Å². The van der Waals surface area contributed by atoms with Gasteiger partial charge in [0.05, 0.1) is 6.61 Å². The van der Waals surface area contributed by atoms with Gasteiger partial charge in [-0.3, -0.25) is 53.0 Å². The Morgan fingerprint density at radius 3 is 1.32 bits per heavy atom. The van der Waals surface area contributed by atoms with E-state index >= 15 is 0 Å². The van der Waals surface area contributed by atoms with Crippen LogP contribution in [0.3, 0.4) is 0 Å². The number of nitrogens with zero attached hydrogens (tertiary/aromatic N) is 2. The number of carbonyl (C=O) groups is 9. The lowest BCUT2D eigenvalue weighted by molar-refractivity contribution is -0.139. The van der Waals surface area contributed by atoms with Gasteiger partial charge in [0, 0.05) is 108 Å². The van der Waals surface area contributed by atoms with E-state index in [1.165, 1.54) is 0 Å². The quantitative estimate of drug-likeness (QED) is 0.0657. The molecule has 0 atom stereocenters. The molecule has 2 aliphatic rings. The Balaban J connectivity index is 0.00000541. The van der Waals surface area contributed by atoms with Gasteiger partial charge in [0.1, 0.15) is 0 Å². The first-order chi connectivity index (χ1) is 22.5. The number of hydrogen-bond acceptors (Lipinski definition) is 10. The molecular formula is C30H45N7O10. The molecule has 0 bridgehead atoms. The second kappa shape index (κ2) is 22.6. The van der Waals surface area contributed by atoms with E-state index in [1.807, 2.05) is 13.8 Å². The molecule has 9 amide bonds. The fourth-order valence-corrected chi connectivity index (χ4v) is 4.09. The topological polar surface area (TPSA) is 229 Å². The summed E-state index contributed by atoms with van der Waals surface area (Å²) in [4.78, 5) is 109. The summed E-state index contributed by atoms with van der Waals surface area (Å²) in [6, 6.07) is -0.850. The lowest BCUT2D eigenvalue weighted by atomic mass is 10.1. The van der Waals surface area contributed by atoms with Crippen molar-refractivity contribution in [3.8, 4) is 0 Å². The van der Waals surface area contributed by atoms with Crippen molar-refractivity contribution in [2.45, 2.75) is 58.9 Å². The SMILES string of the molecule is CC.CCOCCC(=O)NC(CC(=O)NCCNC(=O)CCN1C(=O)C=CC1=O)CC(=O)NCCNC(=O)CCN1C(=O)C=CC1=O. The number of carbonyl (C=O) groups excluding carboxylic acids is 9. The Morgan fingerprint density at radius 2 is 0.957 bits per heavy atom. The number of amides is 9. The van der Waals surface area contributed by atoms with Crippen molar-refractivity contribution in [3.05, 3.63) is 24.3 Å². The average molecular weight is 664 g/mol. The Labute approximate surface area is 273 Å². The van der Waals surface area contributed by atoms with Crippen LogP contribution in [-0.2, 0) is 47.9 Å². The maximum atomic E-state index is 12.5. The van der Waals surface area contributed by atoms with Crippen molar-refractivity contribution in [3.63, 3.8) is 0 Å². The number of imide groups is 2. The zero-order valence-corrected chi connectivity index (χ0v) is 27.1. The van der Waals surface area contributed by atoms with E-state index in [0.717, 1.165) is 34.1 Å². The zero-order valence-electron chi connectivity index (χ0n) is 27.1. The van der Waals surface area contributed by atoms with Crippen molar-refractivity contribution in [1.82, 2.24) is 36.4 Å². The molecule has 0 fully saturated rings. The second-order valence-corrected chi connectivity index (χ2v) is 9.84. The molecule has 260 valence electrons. The van der Waals surface area contributed by atoms with E-state index in [0.29, 0.717) is 6.61 Å². The third-order valence-electron chi connectivity index (χ3n) is 6.37. The molecule has 0 saturated heterocycles. The maximum Gasteiger partial charge on any atom is 0.253 e. The van der Waals surface area contributed by atoms with E-state index in [-0.39, 0.29) is 78.0 Å². The van der Waals surface area contributed by atoms with Crippen LogP contribution in [0.2, 0.25) is 0 Å². The molecule has 47 heavy (non-hydrogen) atoms. The minimum atomic E-state index is -0.850. The highest BCUT2D eigenvalue weighted by Crippen LogP contribution is 2.05. The molecule has 2 aliphatic heterocycles. The van der Waals surface area contributed by atoms with E-state index in [9.17, 15) is 43.2 Å². The Morgan fingerprint density at radius 1 is 0.596 bits per heavy atom. The van der Waals surface area contributed by atoms with Gasteiger partial charge in [-0.25, -0.2) is 0 Å². The Kier molecular flexibility index (Phi) is 19.2. The molecule has 0 aromatic heterocycles. The van der Waals surface area contributed by atoms with Gasteiger partial charge in [0.25, 0.3) is 23.6 Å². The van der Waals surface area contributed by atoms with Crippen molar-refractivity contribution in [1.29, 1.82) is 0 Å². The van der Waals surface area contributed by atoms with Crippen molar-refractivity contribution < 1.29 is 47.9 Å². The van der Waals surface area contributed by atoms with Crippen molar-refractivity contribution in [2.75, 3.05) is 52.5 Å². The lowest BCUT2D eigenvalue weighted by Gasteiger charge is -2.19. The van der Waals surface area contributed by atoms with Gasteiger partial charge in [-0.05, 0) is 6.92 Å². The van der Waals surface area contributed by atoms with Crippen LogP contribution in [0, 0.1) is 0 Å². The van der Waals surface area contributed by atoms with Gasteiger partial charge in [-0.2, -0.15) is 0 Å². The van der Waals surface area contributed by atoms with Crippen LogP contribution in [0.1, 0.15) is 52.9 Å². The van der Waals surface area contributed by atoms with Gasteiger partial charge < -0.3 is 31.3 Å². The first kappa shape index (κ1) is 40.1. The predicted octanol–water partition coefficient (Wildman–Crippen LogP) is -2.20. The third-order valence-corrected chi connectivity index (χ3v) is 6.37. The summed E-state index contributed by atoms with van der Waals surface area (Å²) in [7, 11) is 0. The summed E-state index contributed by atoms with van der Waals surface area (Å²) in [6.45, 7) is 6.49.